The molecule has 0 aliphatic carbocycles. The number of nitrogens with one attached hydrogen (secondary N) is 3. The third-order valence-electron chi connectivity index (χ3n) is 5.00. The first kappa shape index (κ1) is 18.7. The Morgan fingerprint density at radius 2 is 1.81 bits per heavy atom. The summed E-state index contributed by atoms with van der Waals surface area (Å²) >= 11 is 0. The third-order valence-corrected chi connectivity index (χ3v) is 5.00. The van der Waals surface area contributed by atoms with Crippen LogP contribution in [0.4, 0.5) is 5.69 Å². The van der Waals surface area contributed by atoms with Crippen LogP contribution in [0.5, 0.6) is 0 Å². The number of carbonyl (C=O) groups is 1. The lowest BCUT2D eigenvalue weighted by atomic mass is 10.0. The zero-order valence-corrected chi connectivity index (χ0v) is 16.3. The first-order valence-electron chi connectivity index (χ1n) is 9.67. The molecular formula is C23H18N6O2. The van der Waals surface area contributed by atoms with Gasteiger partial charge in [-0.2, -0.15) is 10.2 Å². The van der Waals surface area contributed by atoms with Crippen molar-refractivity contribution in [1.82, 2.24) is 25.4 Å². The second kappa shape index (κ2) is 7.85. The Labute approximate surface area is 177 Å². The summed E-state index contributed by atoms with van der Waals surface area (Å²) in [5.41, 5.74) is 4.42. The van der Waals surface area contributed by atoms with Crippen LogP contribution in [0.3, 0.4) is 0 Å². The van der Waals surface area contributed by atoms with Gasteiger partial charge in [0.05, 0.1) is 11.2 Å². The lowest BCUT2D eigenvalue weighted by molar-refractivity contribution is -0.124. The summed E-state index contributed by atoms with van der Waals surface area (Å²) in [6, 6.07) is 22.0. The zero-order valence-electron chi connectivity index (χ0n) is 16.3. The average molecular weight is 410 g/mol. The minimum absolute atomic E-state index is 0.498. The number of H-pyrrole nitrogens is 2. The largest absolute Gasteiger partial charge is 0.378 e. The highest BCUT2D eigenvalue weighted by Gasteiger charge is 2.18. The Morgan fingerprint density at radius 1 is 0.935 bits per heavy atom. The number of carbonyl (C=O) groups excluding carboxylic acids is 1. The molecule has 1 amide bonds. The molecule has 5 rings (SSSR count). The third kappa shape index (κ3) is 3.67. The molecule has 152 valence electrons. The van der Waals surface area contributed by atoms with Crippen molar-refractivity contribution in [2.75, 3.05) is 5.32 Å². The van der Waals surface area contributed by atoms with Crippen LogP contribution >= 0.6 is 0 Å². The highest BCUT2D eigenvalue weighted by molar-refractivity contribution is 5.98. The van der Waals surface area contributed by atoms with E-state index in [1.165, 1.54) is 6.33 Å². The molecule has 0 bridgehead atoms. The van der Waals surface area contributed by atoms with Gasteiger partial charge in [-0.25, -0.2) is 4.98 Å². The molecule has 0 aliphatic heterocycles. The van der Waals surface area contributed by atoms with E-state index in [1.807, 2.05) is 42.5 Å². The van der Waals surface area contributed by atoms with E-state index in [-0.39, 0.29) is 0 Å². The van der Waals surface area contributed by atoms with Crippen LogP contribution in [0.15, 0.2) is 79.1 Å². The van der Waals surface area contributed by atoms with E-state index in [4.69, 9.17) is 0 Å². The molecule has 0 fully saturated rings. The second-order valence-electron chi connectivity index (χ2n) is 7.04. The molecular weight excluding hydrogens is 392 g/mol. The van der Waals surface area contributed by atoms with Crippen molar-refractivity contribution in [3.05, 3.63) is 84.7 Å². The number of benzene rings is 3. The predicted molar refractivity (Wildman–Crippen MR) is 117 cm³/mol. The predicted octanol–water partition coefficient (Wildman–Crippen LogP) is 3.69. The monoisotopic (exact) mass is 410 g/mol. The number of anilines is 1. The molecule has 31 heavy (non-hydrogen) atoms. The SMILES string of the molecule is O=C(Nc1cccc(-c2n[nH]c3ccc(-c4nc[nH]n4)cc23)c1)[C@@H](O)c1ccccc1. The highest BCUT2D eigenvalue weighted by atomic mass is 16.3. The van der Waals surface area contributed by atoms with Gasteiger partial charge in [0, 0.05) is 22.2 Å². The van der Waals surface area contributed by atoms with Crippen molar-refractivity contribution < 1.29 is 9.90 Å². The van der Waals surface area contributed by atoms with Crippen LogP contribution < -0.4 is 5.32 Å². The van der Waals surface area contributed by atoms with Crippen LogP contribution in [0.2, 0.25) is 0 Å². The van der Waals surface area contributed by atoms with E-state index >= 15 is 0 Å². The summed E-state index contributed by atoms with van der Waals surface area (Å²) in [4.78, 5) is 16.7. The number of aromatic amines is 2. The highest BCUT2D eigenvalue weighted by Crippen LogP contribution is 2.30. The standard InChI is InChI=1S/C23H18N6O2/c30-21(14-5-2-1-3-6-14)23(31)26-17-8-4-7-15(11-17)20-18-12-16(22-24-13-25-29-22)9-10-19(18)27-28-20/h1-13,21,30H,(H,26,31)(H,27,28)(H,24,25,29)/t21-/m0/s1. The quantitative estimate of drug-likeness (QED) is 0.352. The average Bonchev–Trinajstić information content (AvgIpc) is 3.49. The van der Waals surface area contributed by atoms with Gasteiger partial charge in [-0.05, 0) is 35.9 Å². The van der Waals surface area contributed by atoms with E-state index in [0.29, 0.717) is 17.1 Å². The van der Waals surface area contributed by atoms with Crippen molar-refractivity contribution in [3.63, 3.8) is 0 Å². The van der Waals surface area contributed by atoms with Gasteiger partial charge in [0.25, 0.3) is 5.91 Å². The van der Waals surface area contributed by atoms with Gasteiger partial charge in [0.2, 0.25) is 0 Å². The number of fused-ring (bicyclic) bond motifs is 1. The molecule has 5 aromatic rings. The summed E-state index contributed by atoms with van der Waals surface area (Å²) in [5, 5.41) is 28.3. The maximum absolute atomic E-state index is 12.5. The Balaban J connectivity index is 1.44. The Hall–Kier alpha value is -4.30. The molecule has 0 aliphatic rings. The Morgan fingerprint density at radius 3 is 2.61 bits per heavy atom. The number of aliphatic hydroxyl groups excluding tert-OH is 1. The summed E-state index contributed by atoms with van der Waals surface area (Å²) in [6.45, 7) is 0. The van der Waals surface area contributed by atoms with Crippen LogP contribution in [0.1, 0.15) is 11.7 Å². The number of rotatable bonds is 5. The van der Waals surface area contributed by atoms with Crippen molar-refractivity contribution in [2.24, 2.45) is 0 Å². The summed E-state index contributed by atoms with van der Waals surface area (Å²) < 4.78 is 0. The van der Waals surface area contributed by atoms with Crippen LogP contribution in [0.25, 0.3) is 33.5 Å². The minimum Gasteiger partial charge on any atom is -0.378 e. The molecule has 0 saturated heterocycles. The molecule has 0 spiro atoms. The normalized spacial score (nSPS) is 12.0. The van der Waals surface area contributed by atoms with Gasteiger partial charge in [0.15, 0.2) is 11.9 Å². The molecule has 4 N–H and O–H groups in total. The lowest BCUT2D eigenvalue weighted by Gasteiger charge is -2.12. The van der Waals surface area contributed by atoms with Gasteiger partial charge in [-0.15, -0.1) is 0 Å². The molecule has 3 aromatic carbocycles. The fourth-order valence-corrected chi connectivity index (χ4v) is 3.46. The minimum atomic E-state index is -1.25. The molecule has 0 unspecified atom stereocenters. The summed E-state index contributed by atoms with van der Waals surface area (Å²) in [7, 11) is 0. The molecule has 1 atom stereocenters. The zero-order chi connectivity index (χ0) is 21.2. The Bertz CT molecular complexity index is 1350. The van der Waals surface area contributed by atoms with Crippen LogP contribution in [-0.4, -0.2) is 36.4 Å². The number of hydrogen-bond acceptors (Lipinski definition) is 5. The number of aliphatic hydroxyl groups is 1. The topological polar surface area (TPSA) is 120 Å². The summed E-state index contributed by atoms with van der Waals surface area (Å²) in [6.07, 6.45) is 0.284. The molecule has 2 heterocycles. The van der Waals surface area contributed by atoms with Crippen LogP contribution in [0, 0.1) is 0 Å². The number of nitrogens with zero attached hydrogens (tertiary/aromatic N) is 3. The first-order valence-corrected chi connectivity index (χ1v) is 9.67. The maximum Gasteiger partial charge on any atom is 0.257 e. The summed E-state index contributed by atoms with van der Waals surface area (Å²) in [5.74, 6) is 0.104. The smallest absolute Gasteiger partial charge is 0.257 e. The van der Waals surface area contributed by atoms with E-state index in [0.717, 1.165) is 27.7 Å². The number of aromatic nitrogens is 5. The van der Waals surface area contributed by atoms with Gasteiger partial charge in [0.1, 0.15) is 6.33 Å². The van der Waals surface area contributed by atoms with Crippen molar-refractivity contribution >= 4 is 22.5 Å². The molecule has 0 saturated carbocycles. The van der Waals surface area contributed by atoms with E-state index in [2.05, 4.69) is 30.7 Å². The molecule has 8 nitrogen and oxygen atoms in total. The number of amides is 1. The molecule has 2 aromatic heterocycles. The Kier molecular flexibility index (Phi) is 4.74. The van der Waals surface area contributed by atoms with Crippen molar-refractivity contribution in [2.45, 2.75) is 6.10 Å². The van der Waals surface area contributed by atoms with E-state index in [9.17, 15) is 9.90 Å². The number of hydrogen-bond donors (Lipinski definition) is 4. The maximum atomic E-state index is 12.5. The fourth-order valence-electron chi connectivity index (χ4n) is 3.46. The van der Waals surface area contributed by atoms with E-state index < -0.39 is 12.0 Å². The molecule has 0 radical (unpaired) electrons. The van der Waals surface area contributed by atoms with Crippen molar-refractivity contribution in [1.29, 1.82) is 0 Å². The van der Waals surface area contributed by atoms with Gasteiger partial charge >= 0.3 is 0 Å². The lowest BCUT2D eigenvalue weighted by Crippen LogP contribution is -2.20. The molecule has 8 heteroatoms. The van der Waals surface area contributed by atoms with Gasteiger partial charge in [-0.3, -0.25) is 15.0 Å². The van der Waals surface area contributed by atoms with Gasteiger partial charge < -0.3 is 10.4 Å². The fraction of sp³-hybridized carbons (Fsp3) is 0.0435. The van der Waals surface area contributed by atoms with Crippen LogP contribution in [-0.2, 0) is 4.79 Å². The van der Waals surface area contributed by atoms with Gasteiger partial charge in [-0.1, -0.05) is 42.5 Å². The second-order valence-corrected chi connectivity index (χ2v) is 7.04. The first-order chi connectivity index (χ1) is 15.2. The van der Waals surface area contributed by atoms with E-state index in [1.54, 1.807) is 30.3 Å². The van der Waals surface area contributed by atoms with Crippen molar-refractivity contribution in [3.8, 4) is 22.6 Å².